The molecule has 0 atom stereocenters. The van der Waals surface area contributed by atoms with Crippen LogP contribution in [0.4, 0.5) is 10.2 Å². The number of hydrogen-bond donors (Lipinski definition) is 2. The summed E-state index contributed by atoms with van der Waals surface area (Å²) in [7, 11) is 0. The molecule has 2 rings (SSSR count). The summed E-state index contributed by atoms with van der Waals surface area (Å²) in [5, 5.41) is 2.61. The minimum absolute atomic E-state index is 0.0420. The lowest BCUT2D eigenvalue weighted by Crippen LogP contribution is -2.24. The van der Waals surface area contributed by atoms with Crippen LogP contribution >= 0.6 is 23.2 Å². The number of rotatable bonds is 3. The molecule has 1 amide bonds. The van der Waals surface area contributed by atoms with Crippen molar-refractivity contribution in [2.75, 3.05) is 5.73 Å². The molecule has 20 heavy (non-hydrogen) atoms. The van der Waals surface area contributed by atoms with Crippen LogP contribution in [0.1, 0.15) is 16.1 Å². The van der Waals surface area contributed by atoms with Gasteiger partial charge in [0.25, 0.3) is 5.91 Å². The van der Waals surface area contributed by atoms with Gasteiger partial charge in [0.2, 0.25) is 0 Å². The van der Waals surface area contributed by atoms with Crippen LogP contribution in [0.2, 0.25) is 10.0 Å². The molecule has 5 nitrogen and oxygen atoms in total. The number of pyridine rings is 2. The average molecular weight is 315 g/mol. The third-order valence-corrected chi connectivity index (χ3v) is 3.06. The SMILES string of the molecule is Nc1ncc(C(=O)NCc2nccc(Cl)c2F)cc1Cl. The van der Waals surface area contributed by atoms with Gasteiger partial charge in [0.05, 0.1) is 27.8 Å². The molecule has 3 N–H and O–H groups in total. The van der Waals surface area contributed by atoms with Crippen LogP contribution < -0.4 is 11.1 Å². The molecule has 0 aliphatic carbocycles. The molecular formula is C12H9Cl2FN4O. The molecule has 0 saturated carbocycles. The normalized spacial score (nSPS) is 10.3. The van der Waals surface area contributed by atoms with Gasteiger partial charge in [0.15, 0.2) is 5.82 Å². The van der Waals surface area contributed by atoms with E-state index in [0.717, 1.165) is 0 Å². The molecule has 0 bridgehead atoms. The predicted molar refractivity (Wildman–Crippen MR) is 74.0 cm³/mol. The van der Waals surface area contributed by atoms with Gasteiger partial charge >= 0.3 is 0 Å². The molecule has 0 radical (unpaired) electrons. The summed E-state index contributed by atoms with van der Waals surface area (Å²) < 4.78 is 13.6. The fraction of sp³-hybridized carbons (Fsp3) is 0.0833. The first-order valence-electron chi connectivity index (χ1n) is 5.47. The summed E-state index contributed by atoms with van der Waals surface area (Å²) in [5.74, 6) is -1.01. The lowest BCUT2D eigenvalue weighted by molar-refractivity contribution is 0.0949. The fourth-order valence-corrected chi connectivity index (χ4v) is 1.75. The molecule has 2 aromatic heterocycles. The van der Waals surface area contributed by atoms with E-state index in [9.17, 15) is 9.18 Å². The zero-order valence-corrected chi connectivity index (χ0v) is 11.5. The molecular weight excluding hydrogens is 306 g/mol. The van der Waals surface area contributed by atoms with Crippen LogP contribution in [-0.2, 0) is 6.54 Å². The Morgan fingerprint density at radius 2 is 2.10 bits per heavy atom. The number of nitrogens with zero attached hydrogens (tertiary/aromatic N) is 2. The largest absolute Gasteiger partial charge is 0.382 e. The minimum Gasteiger partial charge on any atom is -0.382 e. The van der Waals surface area contributed by atoms with E-state index in [4.69, 9.17) is 28.9 Å². The van der Waals surface area contributed by atoms with Gasteiger partial charge in [0, 0.05) is 12.4 Å². The van der Waals surface area contributed by atoms with Crippen molar-refractivity contribution in [2.45, 2.75) is 6.54 Å². The van der Waals surface area contributed by atoms with Crippen LogP contribution in [0.3, 0.4) is 0 Å². The molecule has 104 valence electrons. The third kappa shape index (κ3) is 3.15. The van der Waals surface area contributed by atoms with E-state index in [0.29, 0.717) is 0 Å². The number of carbonyl (C=O) groups is 1. The van der Waals surface area contributed by atoms with Crippen molar-refractivity contribution in [3.05, 3.63) is 51.6 Å². The second-order valence-electron chi connectivity index (χ2n) is 3.83. The molecule has 8 heteroatoms. The van der Waals surface area contributed by atoms with Crippen LogP contribution in [0.15, 0.2) is 24.5 Å². The maximum absolute atomic E-state index is 13.6. The highest BCUT2D eigenvalue weighted by atomic mass is 35.5. The van der Waals surface area contributed by atoms with E-state index in [2.05, 4.69) is 15.3 Å². The topological polar surface area (TPSA) is 80.9 Å². The van der Waals surface area contributed by atoms with E-state index in [1.165, 1.54) is 24.5 Å². The molecule has 2 aromatic rings. The van der Waals surface area contributed by atoms with Crippen molar-refractivity contribution < 1.29 is 9.18 Å². The quantitative estimate of drug-likeness (QED) is 0.911. The maximum Gasteiger partial charge on any atom is 0.253 e. The van der Waals surface area contributed by atoms with E-state index >= 15 is 0 Å². The van der Waals surface area contributed by atoms with E-state index in [-0.39, 0.29) is 33.7 Å². The minimum atomic E-state index is -0.664. The van der Waals surface area contributed by atoms with Gasteiger partial charge in [-0.1, -0.05) is 23.2 Å². The van der Waals surface area contributed by atoms with Crippen molar-refractivity contribution in [1.82, 2.24) is 15.3 Å². The molecule has 0 fully saturated rings. The monoisotopic (exact) mass is 314 g/mol. The summed E-state index contributed by atoms with van der Waals surface area (Å²) in [6.45, 7) is -0.104. The molecule has 0 unspecified atom stereocenters. The Hall–Kier alpha value is -1.92. The Morgan fingerprint density at radius 3 is 2.80 bits per heavy atom. The third-order valence-electron chi connectivity index (χ3n) is 2.46. The predicted octanol–water partition coefficient (Wildman–Crippen LogP) is 2.43. The first-order chi connectivity index (χ1) is 9.49. The zero-order chi connectivity index (χ0) is 14.7. The Labute approximate surface area is 123 Å². The number of carbonyl (C=O) groups excluding carboxylic acids is 1. The van der Waals surface area contributed by atoms with Gasteiger partial charge in [0.1, 0.15) is 5.82 Å². The molecule has 0 saturated heterocycles. The lowest BCUT2D eigenvalue weighted by atomic mass is 10.2. The number of amides is 1. The fourth-order valence-electron chi connectivity index (χ4n) is 1.42. The second-order valence-corrected chi connectivity index (χ2v) is 4.64. The Bertz CT molecular complexity index is 666. The Kier molecular flexibility index (Phi) is 4.36. The molecule has 0 aliphatic rings. The molecule has 0 spiro atoms. The lowest BCUT2D eigenvalue weighted by Gasteiger charge is -2.07. The van der Waals surface area contributed by atoms with Gasteiger partial charge in [-0.3, -0.25) is 9.78 Å². The van der Waals surface area contributed by atoms with Crippen LogP contribution in [-0.4, -0.2) is 15.9 Å². The summed E-state index contributed by atoms with van der Waals surface area (Å²) >= 11 is 11.4. The number of hydrogen-bond acceptors (Lipinski definition) is 4. The van der Waals surface area contributed by atoms with Crippen LogP contribution in [0.5, 0.6) is 0 Å². The highest BCUT2D eigenvalue weighted by molar-refractivity contribution is 6.33. The maximum atomic E-state index is 13.6. The Morgan fingerprint density at radius 1 is 1.35 bits per heavy atom. The summed E-state index contributed by atoms with van der Waals surface area (Å²) in [4.78, 5) is 19.4. The summed E-state index contributed by atoms with van der Waals surface area (Å²) in [6, 6.07) is 2.70. The smallest absolute Gasteiger partial charge is 0.253 e. The number of nitrogens with one attached hydrogen (secondary N) is 1. The van der Waals surface area contributed by atoms with Gasteiger partial charge in [-0.05, 0) is 12.1 Å². The number of anilines is 1. The van der Waals surface area contributed by atoms with Gasteiger partial charge in [-0.15, -0.1) is 0 Å². The van der Waals surface area contributed by atoms with Crippen molar-refractivity contribution >= 4 is 34.9 Å². The molecule has 0 aliphatic heterocycles. The highest BCUT2D eigenvalue weighted by Crippen LogP contribution is 2.17. The van der Waals surface area contributed by atoms with Crippen molar-refractivity contribution in [3.63, 3.8) is 0 Å². The average Bonchev–Trinajstić information content (AvgIpc) is 2.43. The van der Waals surface area contributed by atoms with E-state index < -0.39 is 11.7 Å². The van der Waals surface area contributed by atoms with E-state index in [1.807, 2.05) is 0 Å². The first-order valence-corrected chi connectivity index (χ1v) is 6.22. The highest BCUT2D eigenvalue weighted by Gasteiger charge is 2.12. The zero-order valence-electron chi connectivity index (χ0n) is 10.0. The number of nitrogen functional groups attached to an aromatic ring is 1. The van der Waals surface area contributed by atoms with Gasteiger partial charge < -0.3 is 11.1 Å². The van der Waals surface area contributed by atoms with Crippen molar-refractivity contribution in [1.29, 1.82) is 0 Å². The van der Waals surface area contributed by atoms with Crippen molar-refractivity contribution in [2.24, 2.45) is 0 Å². The standard InChI is InChI=1S/C12H9Cl2FN4O/c13-7-1-2-17-9(10(7)15)5-19-12(20)6-3-8(14)11(16)18-4-6/h1-4H,5H2,(H2,16,18)(H,19,20). The molecule has 0 aromatic carbocycles. The molecule has 2 heterocycles. The number of aromatic nitrogens is 2. The van der Waals surface area contributed by atoms with Gasteiger partial charge in [-0.2, -0.15) is 0 Å². The van der Waals surface area contributed by atoms with Crippen molar-refractivity contribution in [3.8, 4) is 0 Å². The van der Waals surface area contributed by atoms with E-state index in [1.54, 1.807) is 0 Å². The summed E-state index contributed by atoms with van der Waals surface area (Å²) in [6.07, 6.45) is 2.63. The summed E-state index contributed by atoms with van der Waals surface area (Å²) in [5.41, 5.74) is 5.70. The second kappa shape index (κ2) is 6.02. The van der Waals surface area contributed by atoms with Gasteiger partial charge in [-0.25, -0.2) is 9.37 Å². The first kappa shape index (κ1) is 14.5. The Balaban J connectivity index is 2.08. The van der Waals surface area contributed by atoms with Crippen LogP contribution in [0, 0.1) is 5.82 Å². The number of halogens is 3. The number of nitrogens with two attached hydrogens (primary N) is 1. The van der Waals surface area contributed by atoms with Crippen LogP contribution in [0.25, 0.3) is 0 Å².